The van der Waals surface area contributed by atoms with Crippen molar-refractivity contribution in [1.82, 2.24) is 0 Å². The first-order valence-electron chi connectivity index (χ1n) is 5.31. The van der Waals surface area contributed by atoms with Gasteiger partial charge >= 0.3 is 0 Å². The largest absolute Gasteiger partial charge is 0.475 e. The maximum absolute atomic E-state index is 11.9. The lowest BCUT2D eigenvalue weighted by molar-refractivity contribution is -0.139. The van der Waals surface area contributed by atoms with Crippen LogP contribution in [0.5, 0.6) is 5.75 Å². The highest BCUT2D eigenvalue weighted by Gasteiger charge is 2.49. The second-order valence-corrected chi connectivity index (χ2v) is 4.35. The fourth-order valence-electron chi connectivity index (χ4n) is 2.20. The average molecular weight is 203 g/mol. The lowest BCUT2D eigenvalue weighted by atomic mass is 9.78. The number of nitrogens with one attached hydrogen (secondary N) is 1. The van der Waals surface area contributed by atoms with E-state index >= 15 is 0 Å². The van der Waals surface area contributed by atoms with Crippen LogP contribution in [-0.4, -0.2) is 11.5 Å². The first-order chi connectivity index (χ1) is 7.21. The van der Waals surface area contributed by atoms with Gasteiger partial charge in [0.15, 0.2) is 5.60 Å². The van der Waals surface area contributed by atoms with Gasteiger partial charge in [-0.3, -0.25) is 4.79 Å². The van der Waals surface area contributed by atoms with E-state index in [0.717, 1.165) is 36.3 Å². The number of hydrogen-bond acceptors (Lipinski definition) is 2. The van der Waals surface area contributed by atoms with Crippen molar-refractivity contribution in [3.63, 3.8) is 0 Å². The Kier molecular flexibility index (Phi) is 1.61. The summed E-state index contributed by atoms with van der Waals surface area (Å²) >= 11 is 0. The molecule has 0 bridgehead atoms. The van der Waals surface area contributed by atoms with Gasteiger partial charge in [-0.15, -0.1) is 0 Å². The van der Waals surface area contributed by atoms with Crippen molar-refractivity contribution in [2.75, 3.05) is 5.32 Å². The summed E-state index contributed by atoms with van der Waals surface area (Å²) in [5, 5.41) is 2.96. The molecule has 15 heavy (non-hydrogen) atoms. The zero-order valence-electron chi connectivity index (χ0n) is 8.67. The summed E-state index contributed by atoms with van der Waals surface area (Å²) < 4.78 is 5.84. The van der Waals surface area contributed by atoms with E-state index < -0.39 is 5.60 Å². The zero-order chi connectivity index (χ0) is 10.5. The van der Waals surface area contributed by atoms with Crippen LogP contribution in [0.1, 0.15) is 24.8 Å². The predicted molar refractivity (Wildman–Crippen MR) is 57.0 cm³/mol. The number of ether oxygens (including phenoxy) is 1. The van der Waals surface area contributed by atoms with Crippen LogP contribution >= 0.6 is 0 Å². The lowest BCUT2D eigenvalue weighted by Gasteiger charge is -2.43. The molecule has 1 aromatic rings. The minimum atomic E-state index is -0.555. The molecule has 0 saturated heterocycles. The molecule has 0 unspecified atom stereocenters. The third kappa shape index (κ3) is 1.09. The Morgan fingerprint density at radius 2 is 2.20 bits per heavy atom. The molecule has 0 aromatic heterocycles. The fraction of sp³-hybridized carbons (Fsp3) is 0.417. The van der Waals surface area contributed by atoms with Gasteiger partial charge in [-0.1, -0.05) is 12.1 Å². The van der Waals surface area contributed by atoms with E-state index in [4.69, 9.17) is 4.74 Å². The monoisotopic (exact) mass is 203 g/mol. The number of carbonyl (C=O) groups excluding carboxylic acids is 1. The topological polar surface area (TPSA) is 38.3 Å². The van der Waals surface area contributed by atoms with Crippen LogP contribution in [0.3, 0.4) is 0 Å². The van der Waals surface area contributed by atoms with E-state index in [0.29, 0.717) is 0 Å². The molecule has 0 atom stereocenters. The Bertz CT molecular complexity index is 435. The van der Waals surface area contributed by atoms with Crippen LogP contribution < -0.4 is 10.1 Å². The molecule has 1 aromatic carbocycles. The Balaban J connectivity index is 2.06. The molecule has 1 amide bonds. The Hall–Kier alpha value is -1.51. The standard InChI is InChI=1S/C12H13NO2/c1-8-4-2-5-9-10(8)13-11(14)12(15-9)6-3-7-12/h2,4-5H,3,6-7H2,1H3,(H,13,14). The summed E-state index contributed by atoms with van der Waals surface area (Å²) in [5.74, 6) is 0.838. The first kappa shape index (κ1) is 8.77. The van der Waals surface area contributed by atoms with E-state index in [1.54, 1.807) is 0 Å². The molecule has 3 nitrogen and oxygen atoms in total. The van der Waals surface area contributed by atoms with Gasteiger partial charge in [-0.05, 0) is 37.8 Å². The molecule has 1 saturated carbocycles. The van der Waals surface area contributed by atoms with Gasteiger partial charge in [-0.25, -0.2) is 0 Å². The predicted octanol–water partition coefficient (Wildman–Crippen LogP) is 2.25. The van der Waals surface area contributed by atoms with E-state index in [1.165, 1.54) is 0 Å². The molecule has 1 heterocycles. The normalized spacial score (nSPS) is 21.3. The van der Waals surface area contributed by atoms with Gasteiger partial charge in [0.1, 0.15) is 5.75 Å². The zero-order valence-corrected chi connectivity index (χ0v) is 8.67. The number of fused-ring (bicyclic) bond motifs is 1. The van der Waals surface area contributed by atoms with E-state index in [-0.39, 0.29) is 5.91 Å². The summed E-state index contributed by atoms with van der Waals surface area (Å²) in [6, 6.07) is 5.85. The smallest absolute Gasteiger partial charge is 0.268 e. The summed E-state index contributed by atoms with van der Waals surface area (Å²) in [6.45, 7) is 1.97. The van der Waals surface area contributed by atoms with Gasteiger partial charge in [0.05, 0.1) is 5.69 Å². The third-order valence-electron chi connectivity index (χ3n) is 3.35. The van der Waals surface area contributed by atoms with Crippen LogP contribution in [-0.2, 0) is 4.79 Å². The highest BCUT2D eigenvalue weighted by Crippen LogP contribution is 2.44. The van der Waals surface area contributed by atoms with Crippen molar-refractivity contribution in [1.29, 1.82) is 0 Å². The molecule has 1 fully saturated rings. The van der Waals surface area contributed by atoms with Crippen LogP contribution in [0, 0.1) is 6.92 Å². The number of aryl methyl sites for hydroxylation is 1. The third-order valence-corrected chi connectivity index (χ3v) is 3.35. The quantitative estimate of drug-likeness (QED) is 0.702. The lowest BCUT2D eigenvalue weighted by Crippen LogP contribution is -2.55. The Morgan fingerprint density at radius 3 is 2.87 bits per heavy atom. The minimum Gasteiger partial charge on any atom is -0.475 e. The van der Waals surface area contributed by atoms with E-state index in [1.807, 2.05) is 25.1 Å². The number of amides is 1. The number of para-hydroxylation sites is 1. The molecule has 3 heteroatoms. The van der Waals surface area contributed by atoms with E-state index in [9.17, 15) is 4.79 Å². The number of carbonyl (C=O) groups is 1. The second kappa shape index (κ2) is 2.75. The van der Waals surface area contributed by atoms with Crippen molar-refractivity contribution in [3.8, 4) is 5.75 Å². The summed E-state index contributed by atoms with van der Waals surface area (Å²) in [6.07, 6.45) is 2.76. The van der Waals surface area contributed by atoms with Gasteiger partial charge in [-0.2, -0.15) is 0 Å². The van der Waals surface area contributed by atoms with Gasteiger partial charge < -0.3 is 10.1 Å². The number of hydrogen-bond donors (Lipinski definition) is 1. The van der Waals surface area contributed by atoms with Crippen LogP contribution in [0.25, 0.3) is 0 Å². The van der Waals surface area contributed by atoms with Crippen molar-refractivity contribution < 1.29 is 9.53 Å². The van der Waals surface area contributed by atoms with Gasteiger partial charge in [0.2, 0.25) is 0 Å². The average Bonchev–Trinajstić information content (AvgIpc) is 2.16. The van der Waals surface area contributed by atoms with Crippen molar-refractivity contribution in [2.24, 2.45) is 0 Å². The number of anilines is 1. The Morgan fingerprint density at radius 1 is 1.40 bits per heavy atom. The molecular weight excluding hydrogens is 190 g/mol. The molecular formula is C12H13NO2. The van der Waals surface area contributed by atoms with Crippen molar-refractivity contribution >= 4 is 11.6 Å². The van der Waals surface area contributed by atoms with Gasteiger partial charge in [0, 0.05) is 0 Å². The molecule has 2 aliphatic rings. The summed E-state index contributed by atoms with van der Waals surface area (Å²) in [7, 11) is 0. The molecule has 1 aliphatic heterocycles. The maximum atomic E-state index is 11.9. The minimum absolute atomic E-state index is 0.0237. The first-order valence-corrected chi connectivity index (χ1v) is 5.31. The second-order valence-electron chi connectivity index (χ2n) is 4.35. The number of benzene rings is 1. The summed E-state index contributed by atoms with van der Waals surface area (Å²) in [5.41, 5.74) is 1.33. The highest BCUT2D eigenvalue weighted by atomic mass is 16.5. The molecule has 3 rings (SSSR count). The van der Waals surface area contributed by atoms with Crippen LogP contribution in [0.4, 0.5) is 5.69 Å². The highest BCUT2D eigenvalue weighted by molar-refractivity contribution is 6.02. The molecule has 1 N–H and O–H groups in total. The van der Waals surface area contributed by atoms with Crippen molar-refractivity contribution in [3.05, 3.63) is 23.8 Å². The van der Waals surface area contributed by atoms with Gasteiger partial charge in [0.25, 0.3) is 5.91 Å². The molecule has 1 aliphatic carbocycles. The van der Waals surface area contributed by atoms with Crippen molar-refractivity contribution in [2.45, 2.75) is 31.8 Å². The number of rotatable bonds is 0. The summed E-state index contributed by atoms with van der Waals surface area (Å²) in [4.78, 5) is 11.9. The Labute approximate surface area is 88.4 Å². The fourth-order valence-corrected chi connectivity index (χ4v) is 2.20. The SMILES string of the molecule is Cc1cccc2c1NC(=O)C1(CCC1)O2. The van der Waals surface area contributed by atoms with Crippen LogP contribution in [0.15, 0.2) is 18.2 Å². The maximum Gasteiger partial charge on any atom is 0.268 e. The molecule has 0 radical (unpaired) electrons. The van der Waals surface area contributed by atoms with Crippen LogP contribution in [0.2, 0.25) is 0 Å². The molecule has 78 valence electrons. The molecule has 1 spiro atoms. The van der Waals surface area contributed by atoms with E-state index in [2.05, 4.69) is 5.32 Å².